The van der Waals surface area contributed by atoms with Crippen molar-refractivity contribution in [1.29, 1.82) is 0 Å². The van der Waals surface area contributed by atoms with Crippen LogP contribution in [0.2, 0.25) is 5.02 Å². The second-order valence-electron chi connectivity index (χ2n) is 7.04. The predicted octanol–water partition coefficient (Wildman–Crippen LogP) is 4.31. The first-order valence-corrected chi connectivity index (χ1v) is 9.83. The Balaban J connectivity index is 1.95. The molecule has 3 aromatic rings. The van der Waals surface area contributed by atoms with Crippen LogP contribution in [0.4, 0.5) is 0 Å². The van der Waals surface area contributed by atoms with E-state index in [1.165, 1.54) is 22.9 Å². The molecular formula is C22H19ClN2O5. The zero-order valence-electron chi connectivity index (χ0n) is 16.2. The Morgan fingerprint density at radius 1 is 1.17 bits per heavy atom. The van der Waals surface area contributed by atoms with Gasteiger partial charge in [0.2, 0.25) is 5.88 Å². The number of hydrogen-bond donors (Lipinski definition) is 1. The summed E-state index contributed by atoms with van der Waals surface area (Å²) in [6.45, 7) is 0.415. The lowest BCUT2D eigenvalue weighted by Crippen LogP contribution is -2.16. The van der Waals surface area contributed by atoms with Crippen LogP contribution in [0.25, 0.3) is 11.1 Å². The van der Waals surface area contributed by atoms with Crippen molar-refractivity contribution in [3.63, 3.8) is 0 Å². The lowest BCUT2D eigenvalue weighted by atomic mass is 10.0. The zero-order valence-corrected chi connectivity index (χ0v) is 17.0. The minimum Gasteiger partial charge on any atom is -0.493 e. The third kappa shape index (κ3) is 4.02. The maximum atomic E-state index is 12.2. The van der Waals surface area contributed by atoms with Gasteiger partial charge in [-0.3, -0.25) is 4.79 Å². The number of rotatable bonds is 1. The number of nitrogens with zero attached hydrogens (tertiary/aromatic N) is 2. The zero-order chi connectivity index (χ0) is 21.3. The minimum atomic E-state index is -1.11. The highest BCUT2D eigenvalue weighted by molar-refractivity contribution is 6.30. The largest absolute Gasteiger partial charge is 0.493 e. The Labute approximate surface area is 177 Å². The summed E-state index contributed by atoms with van der Waals surface area (Å²) >= 11 is 6.16. The molecule has 1 N–H and O–H groups in total. The van der Waals surface area contributed by atoms with Crippen LogP contribution in [0.5, 0.6) is 17.4 Å². The van der Waals surface area contributed by atoms with Gasteiger partial charge in [-0.25, -0.2) is 9.78 Å². The molecule has 0 atom stereocenters. The quantitative estimate of drug-likeness (QED) is 0.623. The van der Waals surface area contributed by atoms with Crippen molar-refractivity contribution in [1.82, 2.24) is 9.55 Å². The molecule has 0 spiro atoms. The number of carboxylic acids is 1. The van der Waals surface area contributed by atoms with Crippen molar-refractivity contribution >= 4 is 17.6 Å². The lowest BCUT2D eigenvalue weighted by Gasteiger charge is -2.18. The summed E-state index contributed by atoms with van der Waals surface area (Å²) < 4.78 is 13.4. The minimum absolute atomic E-state index is 0.000534. The molecule has 0 saturated heterocycles. The fourth-order valence-corrected chi connectivity index (χ4v) is 3.52. The summed E-state index contributed by atoms with van der Waals surface area (Å²) in [5.74, 6) is 0.0665. The van der Waals surface area contributed by atoms with E-state index < -0.39 is 5.97 Å². The highest BCUT2D eigenvalue weighted by Crippen LogP contribution is 2.39. The van der Waals surface area contributed by atoms with Crippen LogP contribution in [0.1, 0.15) is 28.8 Å². The van der Waals surface area contributed by atoms with Gasteiger partial charge in [-0.05, 0) is 49.1 Å². The fraction of sp³-hybridized carbons (Fsp3) is 0.227. The fourth-order valence-electron chi connectivity index (χ4n) is 3.32. The molecule has 3 heterocycles. The molecule has 0 radical (unpaired) electrons. The molecule has 0 unspecified atom stereocenters. The number of ether oxygens (including phenoxy) is 2. The number of aryl methyl sites for hydroxylation is 2. The van der Waals surface area contributed by atoms with E-state index in [1.54, 1.807) is 25.4 Å². The number of hydrogen-bond acceptors (Lipinski definition) is 5. The maximum Gasteiger partial charge on any atom is 0.337 e. The second-order valence-corrected chi connectivity index (χ2v) is 7.48. The normalized spacial score (nSPS) is 13.4. The van der Waals surface area contributed by atoms with Gasteiger partial charge in [0.25, 0.3) is 5.56 Å². The smallest absolute Gasteiger partial charge is 0.337 e. The molecule has 7 nitrogen and oxygen atoms in total. The van der Waals surface area contributed by atoms with Gasteiger partial charge in [0.1, 0.15) is 11.5 Å². The van der Waals surface area contributed by atoms with Crippen molar-refractivity contribution in [3.8, 4) is 28.5 Å². The summed E-state index contributed by atoms with van der Waals surface area (Å²) in [6, 6.07) is 8.23. The van der Waals surface area contributed by atoms with Gasteiger partial charge in [-0.15, -0.1) is 0 Å². The van der Waals surface area contributed by atoms with E-state index in [1.807, 2.05) is 6.07 Å². The topological polar surface area (TPSA) is 90.7 Å². The summed E-state index contributed by atoms with van der Waals surface area (Å²) in [5, 5.41) is 10.1. The summed E-state index contributed by atoms with van der Waals surface area (Å²) in [6.07, 6.45) is 5.17. The van der Waals surface area contributed by atoms with Gasteiger partial charge in [0.05, 0.1) is 17.7 Å². The molecule has 0 amide bonds. The van der Waals surface area contributed by atoms with Crippen molar-refractivity contribution in [2.75, 3.05) is 6.61 Å². The molecule has 0 bridgehead atoms. The van der Waals surface area contributed by atoms with Crippen LogP contribution in [0, 0.1) is 0 Å². The molecule has 1 aromatic carbocycles. The van der Waals surface area contributed by atoms with E-state index in [4.69, 9.17) is 21.1 Å². The first kappa shape index (κ1) is 20.0. The number of carbonyl (C=O) groups is 1. The van der Waals surface area contributed by atoms with Gasteiger partial charge in [0, 0.05) is 36.1 Å². The first-order chi connectivity index (χ1) is 14.4. The third-order valence-corrected chi connectivity index (χ3v) is 5.14. The van der Waals surface area contributed by atoms with Crippen molar-refractivity contribution in [2.45, 2.75) is 19.3 Å². The molecule has 0 aliphatic carbocycles. The number of carboxylic acid groups (broad SMARTS) is 1. The molecule has 8 heteroatoms. The Hall–Kier alpha value is -3.32. The Bertz CT molecular complexity index is 1190. The predicted molar refractivity (Wildman–Crippen MR) is 112 cm³/mol. The molecule has 154 valence electrons. The van der Waals surface area contributed by atoms with Gasteiger partial charge < -0.3 is 19.1 Å². The van der Waals surface area contributed by atoms with E-state index in [0.717, 1.165) is 24.8 Å². The van der Waals surface area contributed by atoms with E-state index in [-0.39, 0.29) is 17.0 Å². The van der Waals surface area contributed by atoms with Crippen LogP contribution in [0.15, 0.2) is 47.5 Å². The SMILES string of the molecule is Cn1cc2c(cc1=O)OCCCCc1cc(Cl)ccc1Oc1ncc(C(=O)O)cc1-2. The maximum absolute atomic E-state index is 12.2. The summed E-state index contributed by atoms with van der Waals surface area (Å²) in [5.41, 5.74) is 1.64. The molecule has 1 aliphatic rings. The Morgan fingerprint density at radius 3 is 2.80 bits per heavy atom. The molecule has 4 rings (SSSR count). The van der Waals surface area contributed by atoms with Gasteiger partial charge in [0.15, 0.2) is 0 Å². The average molecular weight is 427 g/mol. The summed E-state index contributed by atoms with van der Waals surface area (Å²) in [7, 11) is 1.62. The van der Waals surface area contributed by atoms with Crippen LogP contribution >= 0.6 is 11.6 Å². The molecule has 0 saturated carbocycles. The van der Waals surface area contributed by atoms with Gasteiger partial charge in [-0.1, -0.05) is 11.6 Å². The Morgan fingerprint density at radius 2 is 2.00 bits per heavy atom. The number of pyridine rings is 2. The van der Waals surface area contributed by atoms with Crippen LogP contribution in [-0.2, 0) is 13.5 Å². The molecule has 1 aliphatic heterocycles. The Kier molecular flexibility index (Phi) is 5.46. The molecule has 30 heavy (non-hydrogen) atoms. The molecule has 2 aromatic heterocycles. The average Bonchev–Trinajstić information content (AvgIpc) is 2.71. The standard InChI is InChI=1S/C22H19ClN2O5/c1-25-12-17-16-9-14(22(27)28)11-24-21(16)30-18-6-5-15(23)8-13(18)4-2-3-7-29-19(17)10-20(25)26/h5-6,8-12H,2-4,7H2,1H3,(H,27,28). The van der Waals surface area contributed by atoms with E-state index in [9.17, 15) is 14.7 Å². The van der Waals surface area contributed by atoms with Gasteiger partial charge in [-0.2, -0.15) is 0 Å². The van der Waals surface area contributed by atoms with E-state index >= 15 is 0 Å². The highest BCUT2D eigenvalue weighted by atomic mass is 35.5. The van der Waals surface area contributed by atoms with Crippen molar-refractivity contribution < 1.29 is 19.4 Å². The molecule has 0 fully saturated rings. The van der Waals surface area contributed by atoms with Crippen molar-refractivity contribution in [3.05, 3.63) is 69.2 Å². The van der Waals surface area contributed by atoms with Crippen LogP contribution in [0.3, 0.4) is 0 Å². The van der Waals surface area contributed by atoms with Crippen LogP contribution in [-0.4, -0.2) is 27.2 Å². The number of fused-ring (bicyclic) bond motifs is 4. The number of aromatic carboxylic acids is 1. The number of aromatic nitrogens is 2. The monoisotopic (exact) mass is 426 g/mol. The van der Waals surface area contributed by atoms with E-state index in [2.05, 4.69) is 4.98 Å². The second kappa shape index (κ2) is 8.20. The lowest BCUT2D eigenvalue weighted by molar-refractivity contribution is 0.0696. The van der Waals surface area contributed by atoms with Crippen LogP contribution < -0.4 is 15.0 Å². The van der Waals surface area contributed by atoms with Gasteiger partial charge >= 0.3 is 5.97 Å². The third-order valence-electron chi connectivity index (χ3n) is 4.91. The number of benzene rings is 1. The number of halogens is 1. The summed E-state index contributed by atoms with van der Waals surface area (Å²) in [4.78, 5) is 28.0. The first-order valence-electron chi connectivity index (χ1n) is 9.46. The van der Waals surface area contributed by atoms with Crippen molar-refractivity contribution in [2.24, 2.45) is 7.05 Å². The van der Waals surface area contributed by atoms with E-state index in [0.29, 0.717) is 34.3 Å². The molecular weight excluding hydrogens is 408 g/mol. The highest BCUT2D eigenvalue weighted by Gasteiger charge is 2.20.